The molecule has 3 rings (SSSR count). The number of carbonyl (C=O) groups is 2. The summed E-state index contributed by atoms with van der Waals surface area (Å²) in [4.78, 5) is 26.1. The number of carbonyl (C=O) groups excluding carboxylic acids is 2. The van der Waals surface area contributed by atoms with Crippen LogP contribution in [0.3, 0.4) is 0 Å². The van der Waals surface area contributed by atoms with Crippen molar-refractivity contribution < 1.29 is 9.59 Å². The average molecular weight is 477 g/mol. The zero-order valence-electron chi connectivity index (χ0n) is 20.7. The number of rotatable bonds is 5. The van der Waals surface area contributed by atoms with Crippen LogP contribution in [0.4, 0.5) is 0 Å². The highest BCUT2D eigenvalue weighted by atomic mass is 35.5. The minimum absolute atomic E-state index is 0.00262. The van der Waals surface area contributed by atoms with Crippen LogP contribution in [0, 0.1) is 0 Å². The van der Waals surface area contributed by atoms with Gasteiger partial charge >= 0.3 is 0 Å². The van der Waals surface area contributed by atoms with E-state index in [1.54, 1.807) is 24.3 Å². The molecule has 4 nitrogen and oxygen atoms in total. The lowest BCUT2D eigenvalue weighted by molar-refractivity contribution is 0.0883. The van der Waals surface area contributed by atoms with Gasteiger partial charge in [-0.2, -0.15) is 0 Å². The molecule has 0 radical (unpaired) electrons. The van der Waals surface area contributed by atoms with E-state index in [9.17, 15) is 9.59 Å². The van der Waals surface area contributed by atoms with Gasteiger partial charge in [0.1, 0.15) is 6.17 Å². The summed E-state index contributed by atoms with van der Waals surface area (Å²) in [5, 5.41) is 6.48. The Hall–Kier alpha value is -3.11. The molecule has 0 fully saturated rings. The van der Waals surface area contributed by atoms with Gasteiger partial charge in [0, 0.05) is 16.1 Å². The molecule has 0 heterocycles. The summed E-state index contributed by atoms with van der Waals surface area (Å²) in [7, 11) is 0. The minimum atomic E-state index is -0.721. The van der Waals surface area contributed by atoms with E-state index in [0.717, 1.165) is 16.7 Å². The third-order valence-electron chi connectivity index (χ3n) is 5.78. The lowest BCUT2D eigenvalue weighted by Gasteiger charge is -2.22. The highest BCUT2D eigenvalue weighted by Gasteiger charge is 2.21. The lowest BCUT2D eigenvalue weighted by Crippen LogP contribution is -2.41. The molecular weight excluding hydrogens is 444 g/mol. The van der Waals surface area contributed by atoms with Crippen LogP contribution < -0.4 is 10.6 Å². The van der Waals surface area contributed by atoms with Crippen LogP contribution in [0.15, 0.2) is 72.8 Å². The van der Waals surface area contributed by atoms with Crippen molar-refractivity contribution in [2.75, 3.05) is 0 Å². The lowest BCUT2D eigenvalue weighted by atomic mass is 9.86. The first-order valence-corrected chi connectivity index (χ1v) is 11.8. The van der Waals surface area contributed by atoms with E-state index in [-0.39, 0.29) is 22.6 Å². The fraction of sp³-hybridized carbons (Fsp3) is 0.310. The predicted octanol–water partition coefficient (Wildman–Crippen LogP) is 6.79. The molecule has 2 N–H and O–H groups in total. The van der Waals surface area contributed by atoms with Gasteiger partial charge in [0.2, 0.25) is 0 Å². The molecule has 3 aromatic rings. The van der Waals surface area contributed by atoms with Gasteiger partial charge in [-0.15, -0.1) is 0 Å². The summed E-state index contributed by atoms with van der Waals surface area (Å²) in [6.07, 6.45) is -0.721. The van der Waals surface area contributed by atoms with Crippen molar-refractivity contribution >= 4 is 23.4 Å². The van der Waals surface area contributed by atoms with Gasteiger partial charge < -0.3 is 10.6 Å². The largest absolute Gasteiger partial charge is 0.328 e. The zero-order chi connectivity index (χ0) is 25.1. The fourth-order valence-corrected chi connectivity index (χ4v) is 3.66. The summed E-state index contributed by atoms with van der Waals surface area (Å²) < 4.78 is 0. The van der Waals surface area contributed by atoms with Crippen molar-refractivity contribution in [1.29, 1.82) is 0 Å². The summed E-state index contributed by atoms with van der Waals surface area (Å²) in [6, 6.07) is 22.1. The van der Waals surface area contributed by atoms with Crippen LogP contribution in [0.5, 0.6) is 0 Å². The third-order valence-corrected chi connectivity index (χ3v) is 6.03. The van der Waals surface area contributed by atoms with Crippen LogP contribution in [-0.4, -0.2) is 11.8 Å². The second-order valence-electron chi connectivity index (χ2n) is 10.6. The van der Waals surface area contributed by atoms with E-state index in [0.29, 0.717) is 16.1 Å². The topological polar surface area (TPSA) is 58.2 Å². The zero-order valence-corrected chi connectivity index (χ0v) is 21.5. The molecule has 0 atom stereocenters. The number of hydrogen-bond acceptors (Lipinski definition) is 2. The first-order valence-electron chi connectivity index (χ1n) is 11.4. The van der Waals surface area contributed by atoms with Gasteiger partial charge in [-0.05, 0) is 63.9 Å². The van der Waals surface area contributed by atoms with E-state index in [1.165, 1.54) is 0 Å². The van der Waals surface area contributed by atoms with Crippen molar-refractivity contribution in [3.8, 4) is 0 Å². The van der Waals surface area contributed by atoms with Crippen LogP contribution in [0.25, 0.3) is 0 Å². The number of benzene rings is 3. The maximum Gasteiger partial charge on any atom is 0.253 e. The Bertz CT molecular complexity index is 1070. The van der Waals surface area contributed by atoms with Gasteiger partial charge in [-0.25, -0.2) is 0 Å². The molecule has 0 spiro atoms. The summed E-state index contributed by atoms with van der Waals surface area (Å²) >= 11 is 6.05. The first-order chi connectivity index (χ1) is 15.8. The van der Waals surface area contributed by atoms with E-state index in [2.05, 4.69) is 52.2 Å². The molecule has 0 aliphatic carbocycles. The standard InChI is InChI=1S/C29H33ClN2O2/c1-28(2,3)22-13-7-20(8-14-22)26(33)31-25(19-11-17-24(30)18-12-19)32-27(34)21-9-15-23(16-10-21)29(4,5)6/h7-18,25H,1-6H3,(H,31,33)(H,32,34). The molecule has 0 aliphatic heterocycles. The second-order valence-corrected chi connectivity index (χ2v) is 11.0. The molecule has 2 amide bonds. The van der Waals surface area contributed by atoms with Crippen molar-refractivity contribution in [3.63, 3.8) is 0 Å². The summed E-state index contributed by atoms with van der Waals surface area (Å²) in [5.74, 6) is -0.549. The maximum absolute atomic E-state index is 13.0. The molecular formula is C29H33ClN2O2. The number of hydrogen-bond donors (Lipinski definition) is 2. The van der Waals surface area contributed by atoms with E-state index < -0.39 is 6.17 Å². The Morgan fingerprint density at radius 2 is 0.971 bits per heavy atom. The van der Waals surface area contributed by atoms with Crippen molar-refractivity contribution in [2.45, 2.75) is 58.5 Å². The molecule has 0 bridgehead atoms. The molecule has 178 valence electrons. The Morgan fingerprint density at radius 1 is 0.618 bits per heavy atom. The average Bonchev–Trinajstić information content (AvgIpc) is 2.78. The van der Waals surface area contributed by atoms with Crippen LogP contribution >= 0.6 is 11.6 Å². The Kier molecular flexibility index (Phi) is 7.52. The summed E-state index contributed by atoms with van der Waals surface area (Å²) in [6.45, 7) is 12.8. The van der Waals surface area contributed by atoms with E-state index in [4.69, 9.17) is 11.6 Å². The highest BCUT2D eigenvalue weighted by molar-refractivity contribution is 6.30. The number of halogens is 1. The quantitative estimate of drug-likeness (QED) is 0.398. The third kappa shape index (κ3) is 6.48. The van der Waals surface area contributed by atoms with Crippen molar-refractivity contribution in [3.05, 3.63) is 106 Å². The normalized spacial score (nSPS) is 11.9. The number of amides is 2. The SMILES string of the molecule is CC(C)(C)c1ccc(C(=O)NC(NC(=O)c2ccc(C(C)(C)C)cc2)c2ccc(Cl)cc2)cc1. The van der Waals surface area contributed by atoms with Crippen molar-refractivity contribution in [2.24, 2.45) is 0 Å². The van der Waals surface area contributed by atoms with Gasteiger partial charge in [-0.1, -0.05) is 89.5 Å². The van der Waals surface area contributed by atoms with E-state index >= 15 is 0 Å². The van der Waals surface area contributed by atoms with Gasteiger partial charge in [0.05, 0.1) is 0 Å². The van der Waals surface area contributed by atoms with Crippen LogP contribution in [-0.2, 0) is 10.8 Å². The maximum atomic E-state index is 13.0. The molecule has 0 saturated heterocycles. The molecule has 0 aromatic heterocycles. The fourth-order valence-electron chi connectivity index (χ4n) is 3.53. The van der Waals surface area contributed by atoms with Crippen molar-refractivity contribution in [1.82, 2.24) is 10.6 Å². The van der Waals surface area contributed by atoms with Crippen LogP contribution in [0.2, 0.25) is 5.02 Å². The van der Waals surface area contributed by atoms with Gasteiger partial charge in [-0.3, -0.25) is 9.59 Å². The van der Waals surface area contributed by atoms with Crippen LogP contribution in [0.1, 0.15) is 85.1 Å². The molecule has 0 unspecified atom stereocenters. The first kappa shape index (κ1) is 25.5. The predicted molar refractivity (Wildman–Crippen MR) is 139 cm³/mol. The smallest absolute Gasteiger partial charge is 0.253 e. The number of nitrogens with one attached hydrogen (secondary N) is 2. The van der Waals surface area contributed by atoms with E-state index in [1.807, 2.05) is 48.5 Å². The molecule has 0 aliphatic rings. The second kappa shape index (κ2) is 10.0. The summed E-state index contributed by atoms with van der Waals surface area (Å²) in [5.41, 5.74) is 4.06. The minimum Gasteiger partial charge on any atom is -0.328 e. The Labute approximate surface area is 207 Å². The Morgan fingerprint density at radius 3 is 1.29 bits per heavy atom. The van der Waals surface area contributed by atoms with Gasteiger partial charge in [0.15, 0.2) is 0 Å². The van der Waals surface area contributed by atoms with Gasteiger partial charge in [0.25, 0.3) is 11.8 Å². The molecule has 5 heteroatoms. The molecule has 34 heavy (non-hydrogen) atoms. The molecule has 3 aromatic carbocycles. The Balaban J connectivity index is 1.82. The molecule has 0 saturated carbocycles. The monoisotopic (exact) mass is 476 g/mol. The highest BCUT2D eigenvalue weighted by Crippen LogP contribution is 2.24.